The topological polar surface area (TPSA) is 66.5 Å². The largest absolute Gasteiger partial charge is 0.416 e. The number of carbonyl (C=O) groups excluding carboxylic acids is 1. The summed E-state index contributed by atoms with van der Waals surface area (Å²) in [4.78, 5) is 12.8. The Morgan fingerprint density at radius 3 is 2.46 bits per heavy atom. The van der Waals surface area contributed by atoms with E-state index in [1.165, 1.54) is 19.1 Å². The van der Waals surface area contributed by atoms with E-state index < -0.39 is 33.7 Å². The van der Waals surface area contributed by atoms with E-state index in [4.69, 9.17) is 0 Å². The molecule has 2 aromatic carbocycles. The van der Waals surface area contributed by atoms with E-state index in [1.54, 1.807) is 18.2 Å². The summed E-state index contributed by atoms with van der Waals surface area (Å²) >= 11 is 0. The van der Waals surface area contributed by atoms with Crippen LogP contribution < -0.4 is 5.32 Å². The molecule has 1 aliphatic rings. The van der Waals surface area contributed by atoms with E-state index >= 15 is 0 Å². The first kappa shape index (κ1) is 20.3. The van der Waals surface area contributed by atoms with Gasteiger partial charge in [-0.1, -0.05) is 30.3 Å². The first-order chi connectivity index (χ1) is 13.1. The van der Waals surface area contributed by atoms with Crippen LogP contribution in [0.25, 0.3) is 0 Å². The Morgan fingerprint density at radius 2 is 1.82 bits per heavy atom. The minimum Gasteiger partial charge on any atom is -0.325 e. The van der Waals surface area contributed by atoms with Crippen LogP contribution in [-0.2, 0) is 34.0 Å². The van der Waals surface area contributed by atoms with Gasteiger partial charge in [0.15, 0.2) is 0 Å². The van der Waals surface area contributed by atoms with Crippen LogP contribution in [0.2, 0.25) is 0 Å². The van der Waals surface area contributed by atoms with Gasteiger partial charge in [-0.3, -0.25) is 4.79 Å². The lowest BCUT2D eigenvalue weighted by Crippen LogP contribution is -2.51. The molecule has 0 aromatic heterocycles. The molecule has 0 saturated carbocycles. The van der Waals surface area contributed by atoms with E-state index in [-0.39, 0.29) is 24.4 Å². The number of halogens is 3. The van der Waals surface area contributed by atoms with Crippen molar-refractivity contribution in [3.05, 3.63) is 65.2 Å². The summed E-state index contributed by atoms with van der Waals surface area (Å²) in [5.41, 5.74) is 0.724. The van der Waals surface area contributed by atoms with Gasteiger partial charge in [0, 0.05) is 12.2 Å². The number of rotatable bonds is 4. The molecule has 9 heteroatoms. The van der Waals surface area contributed by atoms with Crippen molar-refractivity contribution in [3.8, 4) is 0 Å². The van der Waals surface area contributed by atoms with Gasteiger partial charge in [0.1, 0.15) is 6.04 Å². The molecule has 0 aliphatic carbocycles. The monoisotopic (exact) mass is 412 g/mol. The van der Waals surface area contributed by atoms with Crippen molar-refractivity contribution in [1.29, 1.82) is 0 Å². The second-order valence-corrected chi connectivity index (χ2v) is 8.71. The van der Waals surface area contributed by atoms with Gasteiger partial charge in [0.05, 0.1) is 11.3 Å². The molecule has 1 atom stereocenters. The van der Waals surface area contributed by atoms with E-state index in [9.17, 15) is 26.4 Å². The van der Waals surface area contributed by atoms with Crippen molar-refractivity contribution in [3.63, 3.8) is 0 Å². The molecule has 150 valence electrons. The fourth-order valence-corrected chi connectivity index (χ4v) is 4.40. The lowest BCUT2D eigenvalue weighted by atomic mass is 9.95. The maximum absolute atomic E-state index is 12.9. The molecular weight excluding hydrogens is 393 g/mol. The van der Waals surface area contributed by atoms with Crippen LogP contribution in [0.1, 0.15) is 23.6 Å². The molecule has 5 nitrogen and oxygen atoms in total. The number of nitrogens with one attached hydrogen (secondary N) is 1. The minimum absolute atomic E-state index is 0.0347. The average molecular weight is 412 g/mol. The number of benzene rings is 2. The fourth-order valence-electron chi connectivity index (χ4n) is 3.18. The Bertz CT molecular complexity index is 990. The zero-order valence-corrected chi connectivity index (χ0v) is 15.8. The molecule has 0 fully saturated rings. The molecule has 1 N–H and O–H groups in total. The molecule has 2 aromatic rings. The Kier molecular flexibility index (Phi) is 5.49. The Hall–Kier alpha value is -2.39. The molecule has 3 rings (SSSR count). The predicted octanol–water partition coefficient (Wildman–Crippen LogP) is 3.42. The summed E-state index contributed by atoms with van der Waals surface area (Å²) in [5, 5.41) is 2.44. The fraction of sp³-hybridized carbons (Fsp3) is 0.316. The van der Waals surface area contributed by atoms with Crippen molar-refractivity contribution < 1.29 is 26.4 Å². The number of hydrogen-bond acceptors (Lipinski definition) is 3. The number of sulfonamides is 1. The highest BCUT2D eigenvalue weighted by molar-refractivity contribution is 7.89. The third-order valence-corrected chi connectivity index (χ3v) is 6.52. The smallest absolute Gasteiger partial charge is 0.325 e. The maximum Gasteiger partial charge on any atom is 0.416 e. The standard InChI is InChI=1S/C19H19F3N2O3S/c1-2-28(26,27)24-12-14-7-4-3-6-13(14)10-17(24)18(25)23-16-9-5-8-15(11-16)19(20,21)22/h3-9,11,17H,2,10,12H2,1H3,(H,23,25)/t17-/m0/s1. The van der Waals surface area contributed by atoms with Gasteiger partial charge >= 0.3 is 6.18 Å². The van der Waals surface area contributed by atoms with Crippen molar-refractivity contribution >= 4 is 21.6 Å². The minimum atomic E-state index is -4.54. The molecule has 28 heavy (non-hydrogen) atoms. The third kappa shape index (κ3) is 4.20. The van der Waals surface area contributed by atoms with Gasteiger partial charge in [-0.2, -0.15) is 17.5 Å². The SMILES string of the molecule is CCS(=O)(=O)N1Cc2ccccc2C[C@H]1C(=O)Nc1cccc(C(F)(F)F)c1. The average Bonchev–Trinajstić information content (AvgIpc) is 2.66. The number of carbonyl (C=O) groups is 1. The van der Waals surface area contributed by atoms with Crippen molar-refractivity contribution in [2.45, 2.75) is 32.1 Å². The normalized spacial score (nSPS) is 17.8. The van der Waals surface area contributed by atoms with Crippen molar-refractivity contribution in [2.24, 2.45) is 0 Å². The second-order valence-electron chi connectivity index (χ2n) is 6.50. The Balaban J connectivity index is 1.90. The number of anilines is 1. The number of fused-ring (bicyclic) bond motifs is 1. The summed E-state index contributed by atoms with van der Waals surface area (Å²) in [7, 11) is -3.69. The van der Waals surface area contributed by atoms with Crippen LogP contribution in [0.15, 0.2) is 48.5 Å². The molecule has 0 unspecified atom stereocenters. The molecule has 1 aliphatic heterocycles. The number of nitrogens with zero attached hydrogens (tertiary/aromatic N) is 1. The molecule has 0 saturated heterocycles. The van der Waals surface area contributed by atoms with Crippen LogP contribution in [0, 0.1) is 0 Å². The number of alkyl halides is 3. The summed E-state index contributed by atoms with van der Waals surface area (Å²) in [6.07, 6.45) is -4.39. The van der Waals surface area contributed by atoms with E-state index in [0.717, 1.165) is 27.6 Å². The van der Waals surface area contributed by atoms with Gasteiger partial charge in [-0.25, -0.2) is 8.42 Å². The molecular formula is C19H19F3N2O3S. The van der Waals surface area contributed by atoms with E-state index in [2.05, 4.69) is 5.32 Å². The van der Waals surface area contributed by atoms with Gasteiger partial charge in [0.25, 0.3) is 0 Å². The van der Waals surface area contributed by atoms with E-state index in [1.807, 2.05) is 6.07 Å². The van der Waals surface area contributed by atoms with Crippen LogP contribution in [0.3, 0.4) is 0 Å². The van der Waals surface area contributed by atoms with Gasteiger partial charge in [0.2, 0.25) is 15.9 Å². The first-order valence-corrected chi connectivity index (χ1v) is 10.3. The Labute approximate surface area is 161 Å². The summed E-state index contributed by atoms with van der Waals surface area (Å²) in [6.45, 7) is 1.53. The van der Waals surface area contributed by atoms with Crippen LogP contribution >= 0.6 is 0 Å². The first-order valence-electron chi connectivity index (χ1n) is 8.66. The predicted molar refractivity (Wildman–Crippen MR) is 99.0 cm³/mol. The molecule has 1 heterocycles. The van der Waals surface area contributed by atoms with Gasteiger partial charge < -0.3 is 5.32 Å². The lowest BCUT2D eigenvalue weighted by molar-refractivity contribution is -0.137. The van der Waals surface area contributed by atoms with Crippen LogP contribution in [0.4, 0.5) is 18.9 Å². The zero-order chi connectivity index (χ0) is 20.5. The van der Waals surface area contributed by atoms with Gasteiger partial charge in [-0.15, -0.1) is 0 Å². The quantitative estimate of drug-likeness (QED) is 0.837. The summed E-state index contributed by atoms with van der Waals surface area (Å²) < 4.78 is 64.8. The van der Waals surface area contributed by atoms with Crippen molar-refractivity contribution in [1.82, 2.24) is 4.31 Å². The van der Waals surface area contributed by atoms with Crippen LogP contribution in [0.5, 0.6) is 0 Å². The number of hydrogen-bond donors (Lipinski definition) is 1. The lowest BCUT2D eigenvalue weighted by Gasteiger charge is -2.34. The van der Waals surface area contributed by atoms with Crippen molar-refractivity contribution in [2.75, 3.05) is 11.1 Å². The number of amides is 1. The highest BCUT2D eigenvalue weighted by Crippen LogP contribution is 2.31. The highest BCUT2D eigenvalue weighted by atomic mass is 32.2. The summed E-state index contributed by atoms with van der Waals surface area (Å²) in [5.74, 6) is -0.839. The highest BCUT2D eigenvalue weighted by Gasteiger charge is 2.38. The molecule has 0 spiro atoms. The summed E-state index contributed by atoms with van der Waals surface area (Å²) in [6, 6.07) is 10.4. The Morgan fingerprint density at radius 1 is 1.14 bits per heavy atom. The molecule has 0 bridgehead atoms. The van der Waals surface area contributed by atoms with E-state index in [0.29, 0.717) is 0 Å². The maximum atomic E-state index is 12.9. The molecule has 1 amide bonds. The third-order valence-electron chi connectivity index (χ3n) is 4.69. The second kappa shape index (κ2) is 7.56. The van der Waals surface area contributed by atoms with Gasteiger partial charge in [-0.05, 0) is 42.7 Å². The van der Waals surface area contributed by atoms with Crippen LogP contribution in [-0.4, -0.2) is 30.4 Å². The molecule has 0 radical (unpaired) electrons. The zero-order valence-electron chi connectivity index (χ0n) is 15.0.